The van der Waals surface area contributed by atoms with Gasteiger partial charge in [-0.05, 0) is 18.3 Å². The summed E-state index contributed by atoms with van der Waals surface area (Å²) in [6.07, 6.45) is 5.18. The van der Waals surface area contributed by atoms with Gasteiger partial charge < -0.3 is 20.3 Å². The molecule has 1 aliphatic carbocycles. The molecule has 10 nitrogen and oxygen atoms in total. The monoisotopic (exact) mass is 399 g/mol. The van der Waals surface area contributed by atoms with Crippen molar-refractivity contribution in [1.29, 1.82) is 0 Å². The highest BCUT2D eigenvalue weighted by Crippen LogP contribution is 2.27. The van der Waals surface area contributed by atoms with Gasteiger partial charge in [0.1, 0.15) is 5.65 Å². The lowest BCUT2D eigenvalue weighted by atomic mass is 9.96. The maximum atomic E-state index is 13.0. The molecule has 0 aromatic carbocycles. The second-order valence-corrected chi connectivity index (χ2v) is 8.68. The SMILES string of the molecule is Cn1ccnc1Nc1cc2n(CC(C)(C)C)c(O)c(C(=O)NC3CC3)c(=O)n2n1. The Morgan fingerprint density at radius 3 is 2.66 bits per heavy atom. The Kier molecular flexibility index (Phi) is 4.36. The molecule has 4 rings (SSSR count). The smallest absolute Gasteiger partial charge is 0.291 e. The van der Waals surface area contributed by atoms with Crippen molar-refractivity contribution in [2.75, 3.05) is 5.32 Å². The van der Waals surface area contributed by atoms with Gasteiger partial charge in [-0.15, -0.1) is 5.10 Å². The van der Waals surface area contributed by atoms with Gasteiger partial charge >= 0.3 is 0 Å². The third-order valence-electron chi connectivity index (χ3n) is 4.69. The molecule has 0 spiro atoms. The average molecular weight is 399 g/mol. The molecule has 3 heterocycles. The van der Waals surface area contributed by atoms with Crippen molar-refractivity contribution in [1.82, 2.24) is 29.0 Å². The summed E-state index contributed by atoms with van der Waals surface area (Å²) in [5, 5.41) is 21.0. The van der Waals surface area contributed by atoms with Gasteiger partial charge in [0.2, 0.25) is 11.8 Å². The van der Waals surface area contributed by atoms with Crippen molar-refractivity contribution in [3.05, 3.63) is 34.4 Å². The second kappa shape index (κ2) is 6.64. The first-order valence-corrected chi connectivity index (χ1v) is 9.55. The van der Waals surface area contributed by atoms with Gasteiger partial charge in [-0.25, -0.2) is 4.98 Å². The summed E-state index contributed by atoms with van der Waals surface area (Å²) in [5.41, 5.74) is -0.773. The summed E-state index contributed by atoms with van der Waals surface area (Å²) in [4.78, 5) is 29.9. The van der Waals surface area contributed by atoms with Crippen molar-refractivity contribution >= 4 is 23.3 Å². The Labute approximate surface area is 167 Å². The fraction of sp³-hybridized carbons (Fsp3) is 0.474. The van der Waals surface area contributed by atoms with E-state index in [1.165, 1.54) is 0 Å². The van der Waals surface area contributed by atoms with Gasteiger partial charge in [-0.3, -0.25) is 14.2 Å². The maximum absolute atomic E-state index is 13.0. The highest BCUT2D eigenvalue weighted by Gasteiger charge is 2.30. The number of rotatable bonds is 5. The summed E-state index contributed by atoms with van der Waals surface area (Å²) >= 11 is 0. The van der Waals surface area contributed by atoms with Crippen LogP contribution < -0.4 is 16.2 Å². The van der Waals surface area contributed by atoms with Crippen LogP contribution in [0.15, 0.2) is 23.3 Å². The molecule has 1 saturated carbocycles. The van der Waals surface area contributed by atoms with Gasteiger partial charge in [0, 0.05) is 38.1 Å². The molecule has 3 aromatic heterocycles. The van der Waals surface area contributed by atoms with Crippen LogP contribution in [0.1, 0.15) is 44.0 Å². The van der Waals surface area contributed by atoms with Gasteiger partial charge in [-0.2, -0.15) is 4.52 Å². The molecule has 29 heavy (non-hydrogen) atoms. The first-order valence-electron chi connectivity index (χ1n) is 9.55. The minimum Gasteiger partial charge on any atom is -0.494 e. The number of fused-ring (bicyclic) bond motifs is 1. The van der Waals surface area contributed by atoms with E-state index >= 15 is 0 Å². The number of amides is 1. The summed E-state index contributed by atoms with van der Waals surface area (Å²) < 4.78 is 4.48. The summed E-state index contributed by atoms with van der Waals surface area (Å²) in [7, 11) is 1.83. The van der Waals surface area contributed by atoms with Gasteiger partial charge in [0.05, 0.1) is 0 Å². The average Bonchev–Trinajstić information content (AvgIpc) is 3.18. The molecule has 154 valence electrons. The van der Waals surface area contributed by atoms with Crippen LogP contribution >= 0.6 is 0 Å². The van der Waals surface area contributed by atoms with E-state index in [1.54, 1.807) is 27.6 Å². The molecule has 1 fully saturated rings. The maximum Gasteiger partial charge on any atom is 0.291 e. The van der Waals surface area contributed by atoms with E-state index in [0.717, 1.165) is 17.4 Å². The van der Waals surface area contributed by atoms with Gasteiger partial charge in [0.15, 0.2) is 11.4 Å². The van der Waals surface area contributed by atoms with Crippen molar-refractivity contribution in [3.63, 3.8) is 0 Å². The number of nitrogens with zero attached hydrogens (tertiary/aromatic N) is 5. The number of nitrogens with one attached hydrogen (secondary N) is 2. The van der Waals surface area contributed by atoms with Gasteiger partial charge in [0.25, 0.3) is 11.5 Å². The predicted molar refractivity (Wildman–Crippen MR) is 108 cm³/mol. The molecule has 3 aromatic rings. The molecule has 1 aliphatic rings. The topological polar surface area (TPSA) is 118 Å². The molecule has 0 atom stereocenters. The Morgan fingerprint density at radius 1 is 1.34 bits per heavy atom. The number of hydrogen-bond donors (Lipinski definition) is 3. The number of aromatic nitrogens is 5. The zero-order chi connectivity index (χ0) is 20.9. The van der Waals surface area contributed by atoms with Crippen LogP contribution in [0.25, 0.3) is 5.65 Å². The number of carbonyl (C=O) groups is 1. The number of anilines is 2. The van der Waals surface area contributed by atoms with Crippen molar-refractivity contribution in [2.45, 2.75) is 46.2 Å². The number of hydrogen-bond acceptors (Lipinski definition) is 6. The van der Waals surface area contributed by atoms with Crippen molar-refractivity contribution < 1.29 is 9.90 Å². The molecular weight excluding hydrogens is 374 g/mol. The molecule has 0 unspecified atom stereocenters. The lowest BCUT2D eigenvalue weighted by Gasteiger charge is -2.23. The fourth-order valence-electron chi connectivity index (χ4n) is 3.13. The molecule has 0 aliphatic heterocycles. The zero-order valence-corrected chi connectivity index (χ0v) is 16.9. The van der Waals surface area contributed by atoms with E-state index in [4.69, 9.17) is 0 Å². The molecule has 0 bridgehead atoms. The molecule has 1 amide bonds. The highest BCUT2D eigenvalue weighted by atomic mass is 16.3. The van der Waals surface area contributed by atoms with E-state index in [0.29, 0.717) is 24.0 Å². The Hall–Kier alpha value is -3.30. The van der Waals surface area contributed by atoms with Crippen LogP contribution in [-0.4, -0.2) is 40.8 Å². The van der Waals surface area contributed by atoms with Crippen LogP contribution in [0.3, 0.4) is 0 Å². The zero-order valence-electron chi connectivity index (χ0n) is 16.9. The van der Waals surface area contributed by atoms with E-state index in [9.17, 15) is 14.7 Å². The minimum atomic E-state index is -0.659. The third kappa shape index (κ3) is 3.69. The van der Waals surface area contributed by atoms with Crippen molar-refractivity contribution in [3.8, 4) is 5.88 Å². The quantitative estimate of drug-likeness (QED) is 0.600. The Bertz CT molecular complexity index is 1150. The minimum absolute atomic E-state index is 0.0614. The van der Waals surface area contributed by atoms with Crippen molar-refractivity contribution in [2.24, 2.45) is 12.5 Å². The van der Waals surface area contributed by atoms with Gasteiger partial charge in [-0.1, -0.05) is 20.8 Å². The number of aromatic hydroxyl groups is 1. The number of imidazole rings is 1. The normalized spacial score (nSPS) is 14.3. The number of aryl methyl sites for hydroxylation is 1. The van der Waals surface area contributed by atoms with Crippen LogP contribution in [0.2, 0.25) is 0 Å². The molecule has 0 radical (unpaired) electrons. The van der Waals surface area contributed by atoms with E-state index in [1.807, 2.05) is 27.8 Å². The van der Waals surface area contributed by atoms with Crippen LogP contribution in [0.4, 0.5) is 11.8 Å². The summed E-state index contributed by atoms with van der Waals surface area (Å²) in [6, 6.07) is 1.72. The van der Waals surface area contributed by atoms with E-state index in [2.05, 4.69) is 20.7 Å². The fourth-order valence-corrected chi connectivity index (χ4v) is 3.13. The lowest BCUT2D eigenvalue weighted by molar-refractivity contribution is 0.0944. The Balaban J connectivity index is 1.86. The number of carbonyl (C=O) groups excluding carboxylic acids is 1. The second-order valence-electron chi connectivity index (χ2n) is 8.68. The lowest BCUT2D eigenvalue weighted by Crippen LogP contribution is -2.35. The van der Waals surface area contributed by atoms with Crippen LogP contribution in [0.5, 0.6) is 5.88 Å². The predicted octanol–water partition coefficient (Wildman–Crippen LogP) is 1.62. The first-order chi connectivity index (χ1) is 13.6. The standard InChI is InChI=1S/C19H25N7O3/c1-19(2,3)10-25-13-9-12(22-18-20-7-8-24(18)4)23-26(13)17(29)14(16(25)28)15(27)21-11-5-6-11/h7-9,11,28H,5-6,10H2,1-4H3,(H,21,27)(H,20,22,23). The molecule has 3 N–H and O–H groups in total. The molecule has 10 heteroatoms. The highest BCUT2D eigenvalue weighted by molar-refractivity contribution is 5.96. The largest absolute Gasteiger partial charge is 0.494 e. The van der Waals surface area contributed by atoms with E-state index in [-0.39, 0.29) is 22.9 Å². The van der Waals surface area contributed by atoms with Crippen LogP contribution in [0, 0.1) is 5.41 Å². The van der Waals surface area contributed by atoms with Crippen LogP contribution in [-0.2, 0) is 13.6 Å². The molecular formula is C19H25N7O3. The third-order valence-corrected chi connectivity index (χ3v) is 4.69. The first kappa shape index (κ1) is 19.0. The summed E-state index contributed by atoms with van der Waals surface area (Å²) in [5.74, 6) is 0.0186. The summed E-state index contributed by atoms with van der Waals surface area (Å²) in [6.45, 7) is 6.41. The van der Waals surface area contributed by atoms with E-state index < -0.39 is 11.5 Å². The Morgan fingerprint density at radius 2 is 2.07 bits per heavy atom. The molecule has 0 saturated heterocycles.